The molecule has 0 aliphatic heterocycles. The number of rotatable bonds is 7. The molecule has 5 nitrogen and oxygen atoms in total. The Kier molecular flexibility index (Phi) is 5.46. The van der Waals surface area contributed by atoms with Crippen LogP contribution in [0.2, 0.25) is 0 Å². The fraction of sp³-hybridized carbons (Fsp3) is 0.733. The van der Waals surface area contributed by atoms with E-state index in [1.54, 1.807) is 12.3 Å². The monoisotopic (exact) mass is 313 g/mol. The Balaban J connectivity index is 2.04. The van der Waals surface area contributed by atoms with Gasteiger partial charge in [-0.05, 0) is 37.2 Å². The second-order valence-corrected chi connectivity index (χ2v) is 7.97. The molecule has 2 unspecified atom stereocenters. The average Bonchev–Trinajstić information content (AvgIpc) is 3.04. The fourth-order valence-electron chi connectivity index (χ4n) is 3.11. The van der Waals surface area contributed by atoms with E-state index in [1.165, 1.54) is 6.42 Å². The van der Waals surface area contributed by atoms with Gasteiger partial charge in [-0.15, -0.1) is 0 Å². The molecule has 3 N–H and O–H groups in total. The van der Waals surface area contributed by atoms with Gasteiger partial charge in [-0.3, -0.25) is 0 Å². The van der Waals surface area contributed by atoms with Gasteiger partial charge in [-0.2, -0.15) is 0 Å². The summed E-state index contributed by atoms with van der Waals surface area (Å²) in [6.45, 7) is 5.99. The van der Waals surface area contributed by atoms with Crippen LogP contribution in [0.4, 0.5) is 0 Å². The Bertz CT molecular complexity index is 565. The molecule has 0 amide bonds. The highest BCUT2D eigenvalue weighted by atomic mass is 32.2. The van der Waals surface area contributed by atoms with Crippen molar-refractivity contribution in [3.63, 3.8) is 0 Å². The van der Waals surface area contributed by atoms with Crippen molar-refractivity contribution in [1.29, 1.82) is 0 Å². The summed E-state index contributed by atoms with van der Waals surface area (Å²) in [6.07, 6.45) is 6.10. The molecular weight excluding hydrogens is 286 g/mol. The maximum absolute atomic E-state index is 12.4. The van der Waals surface area contributed by atoms with Crippen LogP contribution in [-0.2, 0) is 23.1 Å². The van der Waals surface area contributed by atoms with Crippen molar-refractivity contribution in [2.45, 2.75) is 57.5 Å². The summed E-state index contributed by atoms with van der Waals surface area (Å²) < 4.78 is 29.5. The van der Waals surface area contributed by atoms with Crippen molar-refractivity contribution in [3.05, 3.63) is 18.0 Å². The van der Waals surface area contributed by atoms with E-state index in [0.29, 0.717) is 29.8 Å². The Hall–Kier alpha value is -0.850. The topological polar surface area (TPSA) is 77.1 Å². The van der Waals surface area contributed by atoms with Gasteiger partial charge in [0, 0.05) is 31.5 Å². The molecule has 0 bridgehead atoms. The highest BCUT2D eigenvalue weighted by Gasteiger charge is 2.24. The molecule has 0 aromatic carbocycles. The molecule has 0 radical (unpaired) electrons. The minimum absolute atomic E-state index is 0.336. The summed E-state index contributed by atoms with van der Waals surface area (Å²) >= 11 is 0. The van der Waals surface area contributed by atoms with E-state index in [-0.39, 0.29) is 0 Å². The van der Waals surface area contributed by atoms with Crippen LogP contribution in [-0.4, -0.2) is 19.5 Å². The summed E-state index contributed by atoms with van der Waals surface area (Å²) in [5.41, 5.74) is 6.56. The Morgan fingerprint density at radius 3 is 2.76 bits per heavy atom. The van der Waals surface area contributed by atoms with E-state index in [4.69, 9.17) is 5.73 Å². The normalized spacial score (nSPS) is 22.8. The molecule has 6 heteroatoms. The van der Waals surface area contributed by atoms with Gasteiger partial charge in [0.1, 0.15) is 0 Å². The maximum Gasteiger partial charge on any atom is 0.242 e. The number of aryl methyl sites for hydroxylation is 1. The van der Waals surface area contributed by atoms with Crippen LogP contribution >= 0.6 is 0 Å². The lowest BCUT2D eigenvalue weighted by atomic mass is 10.1. The van der Waals surface area contributed by atoms with Crippen LogP contribution in [0, 0.1) is 11.8 Å². The summed E-state index contributed by atoms with van der Waals surface area (Å²) in [5.74, 6) is 1.19. The minimum Gasteiger partial charge on any atom is -0.349 e. The Morgan fingerprint density at radius 1 is 1.43 bits per heavy atom. The van der Waals surface area contributed by atoms with E-state index < -0.39 is 10.0 Å². The number of aromatic nitrogens is 1. The molecule has 21 heavy (non-hydrogen) atoms. The number of nitrogens with one attached hydrogen (secondary N) is 1. The van der Waals surface area contributed by atoms with E-state index in [2.05, 4.69) is 18.6 Å². The fourth-order valence-corrected chi connectivity index (χ4v) is 4.29. The quantitative estimate of drug-likeness (QED) is 0.809. The van der Waals surface area contributed by atoms with Crippen molar-refractivity contribution in [1.82, 2.24) is 9.29 Å². The lowest BCUT2D eigenvalue weighted by Gasteiger charge is -2.10. The standard InChI is InChI=1S/C15H27N3O2S/c1-3-6-18-11-15(8-14(18)9-16)21(19,20)17-10-13-5-4-12(2)7-13/h8,11-13,17H,3-7,9-10,16H2,1-2H3. The summed E-state index contributed by atoms with van der Waals surface area (Å²) in [6, 6.07) is 1.69. The number of nitrogens with zero attached hydrogens (tertiary/aromatic N) is 1. The molecule has 1 heterocycles. The zero-order valence-electron chi connectivity index (χ0n) is 13.0. The second-order valence-electron chi connectivity index (χ2n) is 6.20. The van der Waals surface area contributed by atoms with Crippen LogP contribution in [0.25, 0.3) is 0 Å². The van der Waals surface area contributed by atoms with Crippen molar-refractivity contribution >= 4 is 10.0 Å². The zero-order chi connectivity index (χ0) is 15.5. The molecule has 120 valence electrons. The predicted octanol–water partition coefficient (Wildman–Crippen LogP) is 2.07. The second kappa shape index (κ2) is 6.94. The van der Waals surface area contributed by atoms with Crippen LogP contribution < -0.4 is 10.5 Å². The zero-order valence-corrected chi connectivity index (χ0v) is 13.8. The first-order chi connectivity index (χ1) is 9.96. The molecule has 1 saturated carbocycles. The van der Waals surface area contributed by atoms with Crippen LogP contribution in [0.5, 0.6) is 0 Å². The van der Waals surface area contributed by atoms with Gasteiger partial charge in [0.2, 0.25) is 10.0 Å². The predicted molar refractivity (Wildman–Crippen MR) is 84.3 cm³/mol. The molecule has 1 aromatic rings. The van der Waals surface area contributed by atoms with Crippen molar-refractivity contribution in [2.75, 3.05) is 6.54 Å². The molecule has 0 saturated heterocycles. The third kappa shape index (κ3) is 4.08. The first-order valence-corrected chi connectivity index (χ1v) is 9.33. The highest BCUT2D eigenvalue weighted by Crippen LogP contribution is 2.30. The first-order valence-electron chi connectivity index (χ1n) is 7.85. The van der Waals surface area contributed by atoms with Crippen LogP contribution in [0.15, 0.2) is 17.2 Å². The molecule has 2 atom stereocenters. The molecular formula is C15H27N3O2S. The van der Waals surface area contributed by atoms with Gasteiger partial charge in [-0.1, -0.05) is 20.3 Å². The van der Waals surface area contributed by atoms with Gasteiger partial charge >= 0.3 is 0 Å². The van der Waals surface area contributed by atoms with Crippen molar-refractivity contribution in [2.24, 2.45) is 17.6 Å². The smallest absolute Gasteiger partial charge is 0.242 e. The van der Waals surface area contributed by atoms with Crippen LogP contribution in [0.1, 0.15) is 45.2 Å². The average molecular weight is 313 g/mol. The van der Waals surface area contributed by atoms with Gasteiger partial charge in [0.05, 0.1) is 4.90 Å². The number of nitrogens with two attached hydrogens (primary N) is 1. The third-order valence-corrected chi connectivity index (χ3v) is 5.70. The lowest BCUT2D eigenvalue weighted by molar-refractivity contribution is 0.498. The van der Waals surface area contributed by atoms with E-state index in [9.17, 15) is 8.42 Å². The van der Waals surface area contributed by atoms with E-state index >= 15 is 0 Å². The Labute approximate surface area is 128 Å². The van der Waals surface area contributed by atoms with E-state index in [0.717, 1.165) is 31.5 Å². The summed E-state index contributed by atoms with van der Waals surface area (Å²) in [7, 11) is -3.42. The molecule has 1 aromatic heterocycles. The molecule has 0 spiro atoms. The van der Waals surface area contributed by atoms with Crippen molar-refractivity contribution < 1.29 is 8.42 Å². The van der Waals surface area contributed by atoms with Gasteiger partial charge in [0.15, 0.2) is 0 Å². The highest BCUT2D eigenvalue weighted by molar-refractivity contribution is 7.89. The Morgan fingerprint density at radius 2 is 2.19 bits per heavy atom. The minimum atomic E-state index is -3.42. The molecule has 1 fully saturated rings. The number of hydrogen-bond acceptors (Lipinski definition) is 3. The maximum atomic E-state index is 12.4. The molecule has 1 aliphatic rings. The van der Waals surface area contributed by atoms with Gasteiger partial charge in [-0.25, -0.2) is 13.1 Å². The summed E-state index contributed by atoms with van der Waals surface area (Å²) in [4.78, 5) is 0.336. The number of sulfonamides is 1. The van der Waals surface area contributed by atoms with E-state index in [1.807, 2.05) is 4.57 Å². The SMILES string of the molecule is CCCn1cc(S(=O)(=O)NCC2CCC(C)C2)cc1CN. The van der Waals surface area contributed by atoms with Crippen LogP contribution in [0.3, 0.4) is 0 Å². The van der Waals surface area contributed by atoms with Crippen molar-refractivity contribution in [3.8, 4) is 0 Å². The first kappa shape index (κ1) is 16.5. The third-order valence-electron chi connectivity index (χ3n) is 4.31. The summed E-state index contributed by atoms with van der Waals surface area (Å²) in [5, 5.41) is 0. The largest absolute Gasteiger partial charge is 0.349 e. The lowest BCUT2D eigenvalue weighted by Crippen LogP contribution is -2.28. The van der Waals surface area contributed by atoms with Gasteiger partial charge < -0.3 is 10.3 Å². The molecule has 2 rings (SSSR count). The van der Waals surface area contributed by atoms with Gasteiger partial charge in [0.25, 0.3) is 0 Å². The number of hydrogen-bond donors (Lipinski definition) is 2. The molecule has 1 aliphatic carbocycles.